The van der Waals surface area contributed by atoms with Gasteiger partial charge in [-0.25, -0.2) is 0 Å². The second kappa shape index (κ2) is 6.58. The fraction of sp³-hybridized carbons (Fsp3) is 0.800. The highest BCUT2D eigenvalue weighted by molar-refractivity contribution is 4.83. The lowest BCUT2D eigenvalue weighted by atomic mass is 10.3. The molecule has 0 aromatic carbocycles. The van der Waals surface area contributed by atoms with E-state index < -0.39 is 12.6 Å². The number of alkyl halides is 3. The molecule has 0 saturated carbocycles. The van der Waals surface area contributed by atoms with E-state index in [2.05, 4.69) is 15.5 Å². The molecule has 0 spiro atoms. The smallest absolute Gasteiger partial charge is 0.389 e. The van der Waals surface area contributed by atoms with Gasteiger partial charge in [-0.05, 0) is 19.5 Å². The van der Waals surface area contributed by atoms with Crippen LogP contribution in [0.1, 0.15) is 31.5 Å². The first-order valence-electron chi connectivity index (χ1n) is 5.60. The molecule has 1 heterocycles. The van der Waals surface area contributed by atoms with Gasteiger partial charge < -0.3 is 9.73 Å². The summed E-state index contributed by atoms with van der Waals surface area (Å²) < 4.78 is 40.9. The monoisotopic (exact) mass is 251 g/mol. The molecule has 1 aromatic rings. The molecular weight excluding hydrogens is 235 g/mol. The maximum absolute atomic E-state index is 11.9. The Labute approximate surface area is 97.6 Å². The third-order valence-electron chi connectivity index (χ3n) is 2.13. The normalized spacial score (nSPS) is 12.0. The first kappa shape index (κ1) is 14.0. The van der Waals surface area contributed by atoms with Crippen LogP contribution in [-0.2, 0) is 12.8 Å². The topological polar surface area (TPSA) is 51.0 Å². The lowest BCUT2D eigenvalue weighted by Gasteiger charge is -2.02. The minimum absolute atomic E-state index is 0.0563. The quantitative estimate of drug-likeness (QED) is 0.754. The lowest BCUT2D eigenvalue weighted by Crippen LogP contribution is -2.14. The van der Waals surface area contributed by atoms with E-state index in [1.807, 2.05) is 6.92 Å². The molecule has 0 bridgehead atoms. The van der Waals surface area contributed by atoms with Crippen molar-refractivity contribution in [1.29, 1.82) is 0 Å². The molecule has 7 heteroatoms. The zero-order chi connectivity index (χ0) is 12.7. The minimum Gasteiger partial charge on any atom is -0.425 e. The van der Waals surface area contributed by atoms with Gasteiger partial charge >= 0.3 is 6.18 Å². The van der Waals surface area contributed by atoms with Crippen molar-refractivity contribution in [1.82, 2.24) is 15.5 Å². The van der Waals surface area contributed by atoms with Crippen molar-refractivity contribution in [3.63, 3.8) is 0 Å². The molecule has 1 rings (SSSR count). The molecular formula is C10H16F3N3O. The summed E-state index contributed by atoms with van der Waals surface area (Å²) in [5.41, 5.74) is 0. The van der Waals surface area contributed by atoms with Gasteiger partial charge in [-0.1, -0.05) is 6.92 Å². The van der Waals surface area contributed by atoms with Crippen molar-refractivity contribution in [3.8, 4) is 0 Å². The van der Waals surface area contributed by atoms with E-state index in [1.54, 1.807) is 0 Å². The number of nitrogens with zero attached hydrogens (tertiary/aromatic N) is 2. The maximum atomic E-state index is 11.9. The summed E-state index contributed by atoms with van der Waals surface area (Å²) in [5.74, 6) is 0.459. The fourth-order valence-electron chi connectivity index (χ4n) is 1.28. The second-order valence-electron chi connectivity index (χ2n) is 3.66. The summed E-state index contributed by atoms with van der Waals surface area (Å²) in [7, 11) is 0. The number of aromatic nitrogens is 2. The molecule has 0 saturated heterocycles. The number of hydrogen-bond donors (Lipinski definition) is 1. The summed E-state index contributed by atoms with van der Waals surface area (Å²) in [6, 6.07) is 0. The highest BCUT2D eigenvalue weighted by Gasteiger charge is 2.27. The molecule has 4 nitrogen and oxygen atoms in total. The molecule has 0 aliphatic rings. The van der Waals surface area contributed by atoms with Gasteiger partial charge in [0.25, 0.3) is 0 Å². The van der Waals surface area contributed by atoms with Gasteiger partial charge in [0.05, 0.1) is 6.42 Å². The Morgan fingerprint density at radius 1 is 1.18 bits per heavy atom. The van der Waals surface area contributed by atoms with Crippen molar-refractivity contribution < 1.29 is 17.6 Å². The molecule has 0 radical (unpaired) electrons. The SMILES string of the molecule is CCNCCCc1nnc(CCC(F)(F)F)o1. The average Bonchev–Trinajstić information content (AvgIpc) is 2.69. The van der Waals surface area contributed by atoms with Gasteiger partial charge in [-0.3, -0.25) is 0 Å². The standard InChI is InChI=1S/C10H16F3N3O/c1-2-14-7-3-4-8-15-16-9(17-8)5-6-10(11,12)13/h14H,2-7H2,1H3. The van der Waals surface area contributed by atoms with Gasteiger partial charge in [0.1, 0.15) is 0 Å². The van der Waals surface area contributed by atoms with Crippen molar-refractivity contribution in [2.24, 2.45) is 0 Å². The summed E-state index contributed by atoms with van der Waals surface area (Å²) in [4.78, 5) is 0. The zero-order valence-electron chi connectivity index (χ0n) is 9.68. The van der Waals surface area contributed by atoms with E-state index in [0.717, 1.165) is 19.5 Å². The molecule has 0 amide bonds. The van der Waals surface area contributed by atoms with Crippen molar-refractivity contribution in [2.75, 3.05) is 13.1 Å². The van der Waals surface area contributed by atoms with E-state index >= 15 is 0 Å². The van der Waals surface area contributed by atoms with Crippen LogP contribution in [0.15, 0.2) is 4.42 Å². The molecule has 1 aromatic heterocycles. The fourth-order valence-corrected chi connectivity index (χ4v) is 1.28. The third-order valence-corrected chi connectivity index (χ3v) is 2.13. The van der Waals surface area contributed by atoms with Crippen LogP contribution < -0.4 is 5.32 Å². The second-order valence-corrected chi connectivity index (χ2v) is 3.66. The van der Waals surface area contributed by atoms with Gasteiger partial charge in [0.2, 0.25) is 11.8 Å². The largest absolute Gasteiger partial charge is 0.425 e. The predicted molar refractivity (Wildman–Crippen MR) is 55.5 cm³/mol. The minimum atomic E-state index is -4.18. The Bertz CT molecular complexity index is 325. The van der Waals surface area contributed by atoms with Crippen LogP contribution in [-0.4, -0.2) is 29.5 Å². The van der Waals surface area contributed by atoms with Crippen LogP contribution in [0.5, 0.6) is 0 Å². The number of aryl methyl sites for hydroxylation is 2. The molecule has 0 aliphatic carbocycles. The summed E-state index contributed by atoms with van der Waals surface area (Å²) >= 11 is 0. The van der Waals surface area contributed by atoms with E-state index in [0.29, 0.717) is 12.3 Å². The van der Waals surface area contributed by atoms with Crippen LogP contribution in [0.4, 0.5) is 13.2 Å². The van der Waals surface area contributed by atoms with Crippen LogP contribution in [0.25, 0.3) is 0 Å². The Morgan fingerprint density at radius 3 is 2.41 bits per heavy atom. The first-order chi connectivity index (χ1) is 8.01. The molecule has 0 fully saturated rings. The number of halogens is 3. The molecule has 0 atom stereocenters. The highest BCUT2D eigenvalue weighted by atomic mass is 19.4. The van der Waals surface area contributed by atoms with Gasteiger partial charge in [0.15, 0.2) is 0 Å². The van der Waals surface area contributed by atoms with Crippen LogP contribution in [0, 0.1) is 0 Å². The van der Waals surface area contributed by atoms with Crippen LogP contribution >= 0.6 is 0 Å². The molecule has 98 valence electrons. The molecule has 0 aliphatic heterocycles. The van der Waals surface area contributed by atoms with Gasteiger partial charge in [-0.2, -0.15) is 13.2 Å². The number of hydrogen-bond acceptors (Lipinski definition) is 4. The van der Waals surface area contributed by atoms with Gasteiger partial charge in [-0.15, -0.1) is 10.2 Å². The third kappa shape index (κ3) is 6.25. The molecule has 1 N–H and O–H groups in total. The molecule has 17 heavy (non-hydrogen) atoms. The molecule has 0 unspecified atom stereocenters. The van der Waals surface area contributed by atoms with E-state index in [1.165, 1.54) is 0 Å². The number of rotatable bonds is 7. The Hall–Kier alpha value is -1.11. The zero-order valence-corrected chi connectivity index (χ0v) is 9.68. The summed E-state index contributed by atoms with van der Waals surface area (Å²) in [5, 5.41) is 10.4. The van der Waals surface area contributed by atoms with Crippen molar-refractivity contribution in [2.45, 2.75) is 38.8 Å². The average molecular weight is 251 g/mol. The Kier molecular flexibility index (Phi) is 5.40. The van der Waals surface area contributed by atoms with Gasteiger partial charge in [0, 0.05) is 12.8 Å². The predicted octanol–water partition coefficient (Wildman–Crippen LogP) is 2.11. The van der Waals surface area contributed by atoms with E-state index in [4.69, 9.17) is 4.42 Å². The summed E-state index contributed by atoms with van der Waals surface area (Å²) in [6.07, 6.45) is -3.93. The lowest BCUT2D eigenvalue weighted by molar-refractivity contribution is -0.134. The van der Waals surface area contributed by atoms with Crippen molar-refractivity contribution >= 4 is 0 Å². The maximum Gasteiger partial charge on any atom is 0.389 e. The summed E-state index contributed by atoms with van der Waals surface area (Å²) in [6.45, 7) is 3.72. The van der Waals surface area contributed by atoms with Crippen LogP contribution in [0.2, 0.25) is 0 Å². The highest BCUT2D eigenvalue weighted by Crippen LogP contribution is 2.21. The van der Waals surface area contributed by atoms with Crippen LogP contribution in [0.3, 0.4) is 0 Å². The van der Waals surface area contributed by atoms with E-state index in [9.17, 15) is 13.2 Å². The van der Waals surface area contributed by atoms with E-state index in [-0.39, 0.29) is 12.3 Å². The number of nitrogens with one attached hydrogen (secondary N) is 1. The van der Waals surface area contributed by atoms with Crippen molar-refractivity contribution in [3.05, 3.63) is 11.8 Å². The Balaban J connectivity index is 2.28. The Morgan fingerprint density at radius 2 is 1.82 bits per heavy atom. The first-order valence-corrected chi connectivity index (χ1v) is 5.60.